The molecule has 1 aromatic rings. The molecule has 0 spiro atoms. The second-order valence-corrected chi connectivity index (χ2v) is 7.76. The number of hydrogen-bond donors (Lipinski definition) is 2. The maximum absolute atomic E-state index is 10.4. The van der Waals surface area contributed by atoms with Gasteiger partial charge in [0, 0.05) is 6.92 Å². The van der Waals surface area contributed by atoms with E-state index >= 15 is 0 Å². The van der Waals surface area contributed by atoms with Crippen molar-refractivity contribution in [2.45, 2.75) is 66.2 Å². The smallest absolute Gasteiger partial charge is 0.221 e. The van der Waals surface area contributed by atoms with Gasteiger partial charge in [0.2, 0.25) is 5.91 Å². The quantitative estimate of drug-likeness (QED) is 0.574. The third-order valence-electron chi connectivity index (χ3n) is 3.13. The highest BCUT2D eigenvalue weighted by Crippen LogP contribution is 2.39. The minimum absolute atomic E-state index is 0.0178. The lowest BCUT2D eigenvalue weighted by atomic mass is 9.78. The van der Waals surface area contributed by atoms with E-state index in [4.69, 9.17) is 0 Å². The van der Waals surface area contributed by atoms with Crippen molar-refractivity contribution in [3.8, 4) is 18.6 Å². The molecule has 0 bridgehead atoms. The van der Waals surface area contributed by atoms with Gasteiger partial charge in [0.1, 0.15) is 5.75 Å². The number of carbonyl (C=O) groups is 1. The van der Waals surface area contributed by atoms with Crippen LogP contribution in [0.1, 0.15) is 65.2 Å². The number of amides is 1. The molecular formula is C20H31NO2S. The van der Waals surface area contributed by atoms with Crippen LogP contribution in [0.15, 0.2) is 12.1 Å². The zero-order chi connectivity index (χ0) is 19.7. The van der Waals surface area contributed by atoms with Crippen molar-refractivity contribution in [2.24, 2.45) is 0 Å². The summed E-state index contributed by atoms with van der Waals surface area (Å²) in [6, 6.07) is 4.18. The number of rotatable bonds is 1. The molecule has 0 aliphatic heterocycles. The van der Waals surface area contributed by atoms with Gasteiger partial charge in [-0.25, -0.2) is 0 Å². The molecule has 3 nitrogen and oxygen atoms in total. The monoisotopic (exact) mass is 349 g/mol. The van der Waals surface area contributed by atoms with Crippen LogP contribution in [-0.4, -0.2) is 16.5 Å². The highest BCUT2D eigenvalue weighted by atomic mass is 32.1. The van der Waals surface area contributed by atoms with Crippen LogP contribution in [0.3, 0.4) is 0 Å². The van der Waals surface area contributed by atoms with Crippen molar-refractivity contribution in [3.63, 3.8) is 0 Å². The number of phenolic OH excluding ortho intramolecular Hbond substituents is 1. The molecule has 0 aromatic heterocycles. The molecular weight excluding hydrogens is 318 g/mol. The zero-order valence-electron chi connectivity index (χ0n) is 16.2. The number of thiocarbonyl (C=S) groups is 1. The molecule has 0 atom stereocenters. The maximum atomic E-state index is 10.4. The van der Waals surface area contributed by atoms with Gasteiger partial charge in [-0.2, -0.15) is 0 Å². The summed E-state index contributed by atoms with van der Waals surface area (Å²) in [4.78, 5) is 9.83. The second kappa shape index (κ2) is 10.1. The second-order valence-electron chi connectivity index (χ2n) is 7.53. The molecule has 0 radical (unpaired) electrons. The Morgan fingerprint density at radius 3 is 1.58 bits per heavy atom. The van der Waals surface area contributed by atoms with Crippen LogP contribution in [-0.2, 0) is 15.6 Å². The van der Waals surface area contributed by atoms with E-state index in [0.29, 0.717) is 5.75 Å². The molecule has 0 saturated heterocycles. The normalized spacial score (nSPS) is 10.4. The maximum Gasteiger partial charge on any atom is 0.221 e. The molecule has 0 aliphatic carbocycles. The summed E-state index contributed by atoms with van der Waals surface area (Å²) in [5.74, 6) is 0.343. The van der Waals surface area contributed by atoms with Crippen molar-refractivity contribution in [3.05, 3.63) is 28.8 Å². The molecule has 0 heterocycles. The highest BCUT2D eigenvalue weighted by Gasteiger charge is 2.25. The number of aryl methyl sites for hydroxylation is 1. The molecule has 0 aliphatic rings. The number of benzene rings is 1. The van der Waals surface area contributed by atoms with E-state index in [0.717, 1.165) is 11.1 Å². The average Bonchev–Trinajstić information content (AvgIpc) is 2.41. The SMILES string of the molecule is C#C.CC(=O)NC=S.Cc1cc(C(C)(C)C)c(O)c(C(C)(C)C)c1. The third kappa shape index (κ3) is 8.69. The predicted molar refractivity (Wildman–Crippen MR) is 108 cm³/mol. The minimum atomic E-state index is -0.120. The zero-order valence-corrected chi connectivity index (χ0v) is 17.0. The highest BCUT2D eigenvalue weighted by molar-refractivity contribution is 7.78. The lowest BCUT2D eigenvalue weighted by Crippen LogP contribution is -2.17. The largest absolute Gasteiger partial charge is 0.507 e. The lowest BCUT2D eigenvalue weighted by Gasteiger charge is -2.27. The van der Waals surface area contributed by atoms with Gasteiger partial charge >= 0.3 is 0 Å². The number of terminal acetylenes is 1. The number of carbonyl (C=O) groups excluding carboxylic acids is 1. The first-order chi connectivity index (χ1) is 10.8. The molecule has 0 unspecified atom stereocenters. The first-order valence-corrected chi connectivity index (χ1v) is 8.16. The van der Waals surface area contributed by atoms with Gasteiger partial charge in [-0.3, -0.25) is 4.79 Å². The Bertz CT molecular complexity index is 541. The van der Waals surface area contributed by atoms with Crippen molar-refractivity contribution in [1.82, 2.24) is 5.32 Å². The molecule has 1 rings (SSSR count). The van der Waals surface area contributed by atoms with E-state index in [2.05, 4.69) is 91.0 Å². The van der Waals surface area contributed by atoms with Crippen LogP contribution in [0, 0.1) is 19.8 Å². The Morgan fingerprint density at radius 1 is 1.08 bits per heavy atom. The van der Waals surface area contributed by atoms with Gasteiger partial charge in [-0.05, 0) is 28.9 Å². The van der Waals surface area contributed by atoms with E-state index in [9.17, 15) is 9.90 Å². The summed E-state index contributed by atoms with van der Waals surface area (Å²) in [5.41, 5.74) is 4.44. The number of phenols is 1. The fourth-order valence-corrected chi connectivity index (χ4v) is 2.17. The van der Waals surface area contributed by atoms with Gasteiger partial charge in [-0.1, -0.05) is 71.5 Å². The Labute approximate surface area is 152 Å². The molecule has 0 saturated carbocycles. The van der Waals surface area contributed by atoms with Gasteiger partial charge in [0.25, 0.3) is 0 Å². The molecule has 4 heteroatoms. The van der Waals surface area contributed by atoms with Crippen molar-refractivity contribution in [1.29, 1.82) is 0 Å². The average molecular weight is 350 g/mol. The molecule has 2 N–H and O–H groups in total. The van der Waals surface area contributed by atoms with Gasteiger partial charge in [0.05, 0.1) is 5.49 Å². The van der Waals surface area contributed by atoms with Gasteiger partial charge < -0.3 is 10.4 Å². The summed E-state index contributed by atoms with van der Waals surface area (Å²) >= 11 is 4.27. The van der Waals surface area contributed by atoms with Crippen LogP contribution < -0.4 is 5.32 Å². The third-order valence-corrected chi connectivity index (χ3v) is 3.25. The Balaban J connectivity index is 0. The molecule has 134 valence electrons. The fraction of sp³-hybridized carbons (Fsp3) is 0.500. The molecule has 24 heavy (non-hydrogen) atoms. The summed E-state index contributed by atoms with van der Waals surface area (Å²) in [6.45, 7) is 16.3. The molecule has 1 amide bonds. The van der Waals surface area contributed by atoms with E-state index < -0.39 is 0 Å². The Morgan fingerprint density at radius 2 is 1.42 bits per heavy atom. The van der Waals surface area contributed by atoms with E-state index in [1.165, 1.54) is 18.0 Å². The van der Waals surface area contributed by atoms with E-state index in [-0.39, 0.29) is 16.7 Å². The standard InChI is InChI=1S/C15H24O.C3H5NOS.C2H2/c1-10-8-11(14(2,3)4)13(16)12(9-10)15(5,6)7;1-3(5)4-2-6;1-2/h8-9,16H,1-7H3;2H,1H3,(H,4,5,6);1-2H. The molecule has 0 fully saturated rings. The van der Waals surface area contributed by atoms with Crippen LogP contribution >= 0.6 is 12.2 Å². The van der Waals surface area contributed by atoms with Crippen molar-refractivity contribution >= 4 is 23.6 Å². The van der Waals surface area contributed by atoms with Crippen molar-refractivity contribution in [2.75, 3.05) is 0 Å². The summed E-state index contributed by atoms with van der Waals surface area (Å²) < 4.78 is 0. The van der Waals surface area contributed by atoms with Crippen LogP contribution in [0.25, 0.3) is 0 Å². The summed E-state index contributed by atoms with van der Waals surface area (Å²) in [6.07, 6.45) is 8.00. The summed E-state index contributed by atoms with van der Waals surface area (Å²) in [5, 5.41) is 12.6. The Hall–Kier alpha value is -1.86. The topological polar surface area (TPSA) is 49.3 Å². The van der Waals surface area contributed by atoms with Crippen molar-refractivity contribution < 1.29 is 9.90 Å². The number of aromatic hydroxyl groups is 1. The lowest BCUT2D eigenvalue weighted by molar-refractivity contribution is -0.117. The predicted octanol–water partition coefficient (Wildman–Crippen LogP) is 4.62. The summed E-state index contributed by atoms with van der Waals surface area (Å²) in [7, 11) is 0. The Kier molecular flexibility index (Phi) is 10.3. The van der Waals surface area contributed by atoms with Crippen LogP contribution in [0.4, 0.5) is 0 Å². The van der Waals surface area contributed by atoms with Gasteiger partial charge in [-0.15, -0.1) is 12.8 Å². The van der Waals surface area contributed by atoms with Crippen LogP contribution in [0.2, 0.25) is 0 Å². The number of nitrogens with one attached hydrogen (secondary N) is 1. The first kappa shape index (κ1) is 24.4. The number of hydrogen-bond acceptors (Lipinski definition) is 3. The van der Waals surface area contributed by atoms with Crippen LogP contribution in [0.5, 0.6) is 5.75 Å². The van der Waals surface area contributed by atoms with E-state index in [1.54, 1.807) is 0 Å². The first-order valence-electron chi connectivity index (χ1n) is 7.69. The van der Waals surface area contributed by atoms with E-state index in [1.807, 2.05) is 0 Å². The van der Waals surface area contributed by atoms with Gasteiger partial charge in [0.15, 0.2) is 0 Å². The molecule has 1 aromatic carbocycles. The fourth-order valence-electron chi connectivity index (χ4n) is 2.01. The minimum Gasteiger partial charge on any atom is -0.507 e.